The van der Waals surface area contributed by atoms with Crippen LogP contribution in [0.15, 0.2) is 41.2 Å². The van der Waals surface area contributed by atoms with Crippen LogP contribution in [-0.2, 0) is 0 Å². The summed E-state index contributed by atoms with van der Waals surface area (Å²) < 4.78 is 0. The van der Waals surface area contributed by atoms with Crippen LogP contribution in [0.5, 0.6) is 0 Å². The van der Waals surface area contributed by atoms with Crippen molar-refractivity contribution in [3.63, 3.8) is 0 Å². The molecule has 0 radical (unpaired) electrons. The van der Waals surface area contributed by atoms with Crippen molar-refractivity contribution in [1.82, 2.24) is 0 Å². The molecule has 0 spiro atoms. The Hall–Kier alpha value is -0.950. The summed E-state index contributed by atoms with van der Waals surface area (Å²) in [4.78, 5) is 1.12. The van der Waals surface area contributed by atoms with Crippen molar-refractivity contribution in [3.8, 4) is 0 Å². The predicted molar refractivity (Wildman–Crippen MR) is 108 cm³/mol. The monoisotopic (exact) mass is 320 g/mol. The Labute approximate surface area is 144 Å². The van der Waals surface area contributed by atoms with Gasteiger partial charge in [-0.1, -0.05) is 89.8 Å². The predicted octanol–water partition coefficient (Wildman–Crippen LogP) is 8.24. The van der Waals surface area contributed by atoms with Crippen LogP contribution in [0.4, 0.5) is 0 Å². The molecule has 0 fully saturated rings. The molecule has 0 bridgehead atoms. The number of unbranched alkanes of at least 4 members (excludes halogenated alkanes) is 2. The Kier molecular flexibility index (Phi) is 17.4. The van der Waals surface area contributed by atoms with Crippen LogP contribution in [0.2, 0.25) is 0 Å². The van der Waals surface area contributed by atoms with Gasteiger partial charge in [0.1, 0.15) is 0 Å². The van der Waals surface area contributed by atoms with Gasteiger partial charge in [-0.3, -0.25) is 0 Å². The molecule has 1 heteroatoms. The van der Waals surface area contributed by atoms with E-state index < -0.39 is 0 Å². The largest absolute Gasteiger partial charge is 0.103 e. The Balaban J connectivity index is 0. The lowest BCUT2D eigenvalue weighted by Crippen LogP contribution is -1.79. The van der Waals surface area contributed by atoms with Crippen LogP contribution in [-0.4, -0.2) is 0 Å². The number of thioether (sulfide) groups is 1. The van der Waals surface area contributed by atoms with E-state index in [0.29, 0.717) is 0 Å². The first kappa shape index (κ1) is 23.3. The number of hydrogen-bond acceptors (Lipinski definition) is 1. The normalized spacial score (nSPS) is 10.0. The average molecular weight is 321 g/mol. The summed E-state index contributed by atoms with van der Waals surface area (Å²) in [6.07, 6.45) is 5.28. The van der Waals surface area contributed by atoms with Crippen LogP contribution in [0.3, 0.4) is 0 Å². The second kappa shape index (κ2) is 16.4. The van der Waals surface area contributed by atoms with Gasteiger partial charge in [0.05, 0.1) is 0 Å². The van der Waals surface area contributed by atoms with E-state index in [1.165, 1.54) is 42.4 Å². The number of rotatable bonds is 5. The maximum absolute atomic E-state index is 3.86. The van der Waals surface area contributed by atoms with Crippen molar-refractivity contribution in [1.29, 1.82) is 0 Å². The van der Waals surface area contributed by atoms with Gasteiger partial charge in [0.15, 0.2) is 0 Å². The molecular formula is C21H36S. The van der Waals surface area contributed by atoms with Crippen LogP contribution in [0.1, 0.15) is 78.4 Å². The molecule has 0 unspecified atom stereocenters. The van der Waals surface area contributed by atoms with Gasteiger partial charge >= 0.3 is 0 Å². The van der Waals surface area contributed by atoms with Crippen molar-refractivity contribution >= 4 is 17.3 Å². The van der Waals surface area contributed by atoms with E-state index in [0.717, 1.165) is 4.91 Å². The molecule has 1 aromatic carbocycles. The van der Waals surface area contributed by atoms with E-state index in [4.69, 9.17) is 0 Å². The summed E-state index contributed by atoms with van der Waals surface area (Å²) in [5, 5.41) is 2.15. The van der Waals surface area contributed by atoms with Gasteiger partial charge in [0.2, 0.25) is 0 Å². The zero-order valence-electron chi connectivity index (χ0n) is 15.8. The third kappa shape index (κ3) is 15.4. The number of allylic oxidation sites excluding steroid dienone is 2. The molecule has 126 valence electrons. The van der Waals surface area contributed by atoms with Crippen molar-refractivity contribution in [2.24, 2.45) is 0 Å². The molecule has 0 amide bonds. The number of benzene rings is 1. The lowest BCUT2D eigenvalue weighted by atomic mass is 10.1. The van der Waals surface area contributed by atoms with Crippen molar-refractivity contribution in [2.45, 2.75) is 74.1 Å². The minimum atomic E-state index is 1.12. The highest BCUT2D eigenvalue weighted by Crippen LogP contribution is 2.22. The quantitative estimate of drug-likeness (QED) is 0.526. The highest BCUT2D eigenvalue weighted by molar-refractivity contribution is 8.05. The van der Waals surface area contributed by atoms with Crippen LogP contribution in [0, 0.1) is 6.92 Å². The van der Waals surface area contributed by atoms with Gasteiger partial charge in [-0.15, -0.1) is 11.8 Å². The van der Waals surface area contributed by atoms with Crippen molar-refractivity contribution in [3.05, 3.63) is 52.3 Å². The van der Waals surface area contributed by atoms with E-state index in [9.17, 15) is 0 Å². The Bertz CT molecular complexity index is 408. The smallest absolute Gasteiger partial charge is 0.0210 e. The van der Waals surface area contributed by atoms with Gasteiger partial charge in [-0.2, -0.15) is 0 Å². The lowest BCUT2D eigenvalue weighted by Gasteiger charge is -2.02. The third-order valence-electron chi connectivity index (χ3n) is 2.91. The molecule has 0 nitrogen and oxygen atoms in total. The van der Waals surface area contributed by atoms with E-state index in [1.807, 2.05) is 6.92 Å². The highest BCUT2D eigenvalue weighted by Gasteiger charge is 1.95. The summed E-state index contributed by atoms with van der Waals surface area (Å²) in [6, 6.07) is 8.54. The fourth-order valence-electron chi connectivity index (χ4n) is 1.15. The standard InChI is InChI=1S/C13H16S.2C4H10/c1-10(2)14-9-12(4)13-7-5-6-11(3)8-13;2*1-3-4-2/h5-9H,1H2,2-4H3;2*3-4H2,1-2H3/b12-9+;;. The number of aryl methyl sites for hydroxylation is 1. The molecule has 0 N–H and O–H groups in total. The van der Waals surface area contributed by atoms with Gasteiger partial charge < -0.3 is 0 Å². The Morgan fingerprint density at radius 2 is 1.50 bits per heavy atom. The summed E-state index contributed by atoms with van der Waals surface area (Å²) >= 11 is 1.68. The summed E-state index contributed by atoms with van der Waals surface area (Å²) in [6.45, 7) is 18.8. The fourth-order valence-corrected chi connectivity index (χ4v) is 1.66. The van der Waals surface area contributed by atoms with E-state index >= 15 is 0 Å². The molecule has 0 aliphatic rings. The topological polar surface area (TPSA) is 0 Å². The first-order chi connectivity index (χ1) is 10.4. The molecule has 0 saturated carbocycles. The zero-order valence-corrected chi connectivity index (χ0v) is 16.6. The third-order valence-corrected chi connectivity index (χ3v) is 3.78. The van der Waals surface area contributed by atoms with E-state index in [-0.39, 0.29) is 0 Å². The van der Waals surface area contributed by atoms with Crippen molar-refractivity contribution in [2.75, 3.05) is 0 Å². The molecule has 0 aliphatic heterocycles. The maximum Gasteiger partial charge on any atom is -0.0210 e. The molecule has 0 atom stereocenters. The average Bonchev–Trinajstić information content (AvgIpc) is 2.53. The van der Waals surface area contributed by atoms with Crippen LogP contribution < -0.4 is 0 Å². The highest BCUT2D eigenvalue weighted by atomic mass is 32.2. The molecule has 0 heterocycles. The van der Waals surface area contributed by atoms with Gasteiger partial charge in [0.25, 0.3) is 0 Å². The second-order valence-electron chi connectivity index (χ2n) is 5.49. The zero-order chi connectivity index (χ0) is 17.4. The van der Waals surface area contributed by atoms with Gasteiger partial charge in [-0.25, -0.2) is 0 Å². The van der Waals surface area contributed by atoms with E-state index in [1.54, 1.807) is 11.8 Å². The van der Waals surface area contributed by atoms with E-state index in [2.05, 4.69) is 77.8 Å². The maximum atomic E-state index is 3.86. The Morgan fingerprint density at radius 3 is 1.86 bits per heavy atom. The van der Waals surface area contributed by atoms with Gasteiger partial charge in [0, 0.05) is 0 Å². The van der Waals surface area contributed by atoms with Gasteiger partial charge in [-0.05, 0) is 42.2 Å². The summed E-state index contributed by atoms with van der Waals surface area (Å²) in [5.41, 5.74) is 3.89. The molecule has 1 rings (SSSR count). The minimum Gasteiger partial charge on any atom is -0.103 e. The number of hydrogen-bond donors (Lipinski definition) is 0. The van der Waals surface area contributed by atoms with Crippen LogP contribution in [0.25, 0.3) is 5.57 Å². The first-order valence-electron chi connectivity index (χ1n) is 8.48. The molecular weight excluding hydrogens is 284 g/mol. The molecule has 0 aliphatic carbocycles. The lowest BCUT2D eigenvalue weighted by molar-refractivity contribution is 0.886. The summed E-state index contributed by atoms with van der Waals surface area (Å²) in [5.74, 6) is 0. The minimum absolute atomic E-state index is 1.12. The first-order valence-corrected chi connectivity index (χ1v) is 9.36. The Morgan fingerprint density at radius 1 is 1.00 bits per heavy atom. The molecule has 22 heavy (non-hydrogen) atoms. The second-order valence-corrected chi connectivity index (χ2v) is 6.66. The molecule has 1 aromatic rings. The molecule has 0 aromatic heterocycles. The summed E-state index contributed by atoms with van der Waals surface area (Å²) in [7, 11) is 0. The fraction of sp³-hybridized carbons (Fsp3) is 0.524. The van der Waals surface area contributed by atoms with Crippen LogP contribution >= 0.6 is 11.8 Å². The van der Waals surface area contributed by atoms with Crippen molar-refractivity contribution < 1.29 is 0 Å². The SMILES string of the molecule is C=C(C)S/C=C(\C)c1cccc(C)c1.CCCC.CCCC. The molecule has 0 saturated heterocycles.